The van der Waals surface area contributed by atoms with Crippen LogP contribution in [-0.2, 0) is 28.9 Å². The van der Waals surface area contributed by atoms with E-state index in [1.165, 1.54) is 22.7 Å². The number of nitrogens with one attached hydrogen (secondary N) is 3. The number of aromatic nitrogens is 2. The smallest absolute Gasteiger partial charge is 0.413 e. The van der Waals surface area contributed by atoms with Crippen LogP contribution in [0.3, 0.4) is 0 Å². The molecule has 2 heterocycles. The molecule has 3 atom stereocenters. The normalized spacial score (nSPS) is 12.6. The molecule has 5 rings (SSSR count). The maximum Gasteiger partial charge on any atom is 0.413 e. The minimum atomic E-state index is -0.913. The number of benzene rings is 3. The molecular weight excluding hydrogens is 639 g/mol. The van der Waals surface area contributed by atoms with Gasteiger partial charge in [-0.3, -0.25) is 9.97 Å². The van der Waals surface area contributed by atoms with Gasteiger partial charge in [-0.25, -0.2) is 14.4 Å². The van der Waals surface area contributed by atoms with Gasteiger partial charge in [-0.15, -0.1) is 22.7 Å². The average molecular weight is 672 g/mol. The molecule has 0 saturated heterocycles. The van der Waals surface area contributed by atoms with Gasteiger partial charge in [0.25, 0.3) is 0 Å². The van der Waals surface area contributed by atoms with E-state index in [-0.39, 0.29) is 19.5 Å². The van der Waals surface area contributed by atoms with E-state index in [9.17, 15) is 14.4 Å². The van der Waals surface area contributed by atoms with Crippen LogP contribution >= 0.6 is 22.7 Å². The number of alkyl carbamates (subject to hydrolysis) is 2. The monoisotopic (exact) mass is 671 g/mol. The van der Waals surface area contributed by atoms with Gasteiger partial charge in [0.15, 0.2) is 0 Å². The summed E-state index contributed by atoms with van der Waals surface area (Å²) in [6, 6.07) is 26.7. The molecule has 3 unspecified atom stereocenters. The van der Waals surface area contributed by atoms with Crippen molar-refractivity contribution in [3.05, 3.63) is 135 Å². The lowest BCUT2D eigenvalue weighted by Gasteiger charge is -2.28. The van der Waals surface area contributed by atoms with Gasteiger partial charge in [-0.2, -0.15) is 0 Å². The van der Waals surface area contributed by atoms with Gasteiger partial charge in [-0.1, -0.05) is 78.9 Å². The predicted molar refractivity (Wildman–Crippen MR) is 178 cm³/mol. The fourth-order valence-electron chi connectivity index (χ4n) is 4.61. The molecule has 13 heteroatoms. The van der Waals surface area contributed by atoms with Crippen LogP contribution in [0, 0.1) is 0 Å². The molecule has 5 aromatic rings. The molecule has 0 spiro atoms. The zero-order chi connectivity index (χ0) is 32.7. The van der Waals surface area contributed by atoms with E-state index in [0.717, 1.165) is 20.9 Å². The zero-order valence-electron chi connectivity index (χ0n) is 25.2. The van der Waals surface area contributed by atoms with Crippen molar-refractivity contribution in [2.24, 2.45) is 0 Å². The van der Waals surface area contributed by atoms with Gasteiger partial charge in [-0.05, 0) is 23.3 Å². The van der Waals surface area contributed by atoms with Crippen LogP contribution in [0.15, 0.2) is 114 Å². The molecule has 0 bridgehead atoms. The Balaban J connectivity index is 1.31. The summed E-state index contributed by atoms with van der Waals surface area (Å²) in [5.41, 5.74) is 5.19. The van der Waals surface area contributed by atoms with E-state index in [4.69, 9.17) is 14.2 Å². The minimum Gasteiger partial charge on any atom is -0.444 e. The van der Waals surface area contributed by atoms with Crippen LogP contribution in [0.2, 0.25) is 0 Å². The van der Waals surface area contributed by atoms with Crippen molar-refractivity contribution >= 4 is 41.0 Å². The maximum absolute atomic E-state index is 13.2. The molecule has 242 valence electrons. The van der Waals surface area contributed by atoms with Gasteiger partial charge >= 0.3 is 18.3 Å². The highest BCUT2D eigenvalue weighted by Gasteiger charge is 2.30. The van der Waals surface area contributed by atoms with Crippen LogP contribution in [0.25, 0.3) is 0 Å². The number of para-hydroxylation sites is 1. The Hall–Kier alpha value is -5.27. The van der Waals surface area contributed by atoms with Crippen LogP contribution < -0.4 is 20.7 Å². The lowest BCUT2D eigenvalue weighted by Crippen LogP contribution is -2.53. The number of amides is 3. The lowest BCUT2D eigenvalue weighted by molar-refractivity contribution is 0.0688. The summed E-state index contributed by atoms with van der Waals surface area (Å²) in [5.74, 6) is 0.326. The van der Waals surface area contributed by atoms with Crippen LogP contribution in [0.5, 0.6) is 5.75 Å². The molecule has 0 aliphatic carbocycles. The molecule has 3 N–H and O–H groups in total. The Bertz CT molecular complexity index is 1660. The van der Waals surface area contributed by atoms with Crippen LogP contribution in [-0.4, -0.2) is 46.9 Å². The number of carbonyl (C=O) groups excluding carboxylic acids is 3. The molecule has 47 heavy (non-hydrogen) atoms. The second-order valence-electron chi connectivity index (χ2n) is 10.3. The number of thiazole rings is 2. The average Bonchev–Trinajstić information content (AvgIpc) is 3.82. The third-order valence-electron chi connectivity index (χ3n) is 6.88. The van der Waals surface area contributed by atoms with Crippen molar-refractivity contribution in [1.82, 2.24) is 25.9 Å². The summed E-state index contributed by atoms with van der Waals surface area (Å²) in [7, 11) is 0. The molecule has 3 aromatic carbocycles. The highest BCUT2D eigenvalue weighted by atomic mass is 32.1. The Morgan fingerprint density at radius 3 is 1.94 bits per heavy atom. The second-order valence-corrected chi connectivity index (χ2v) is 12.2. The number of carbonyl (C=O) groups is 3. The van der Waals surface area contributed by atoms with Gasteiger partial charge < -0.3 is 30.2 Å². The van der Waals surface area contributed by atoms with Crippen molar-refractivity contribution in [2.45, 2.75) is 37.6 Å². The van der Waals surface area contributed by atoms with Gasteiger partial charge in [0, 0.05) is 36.7 Å². The van der Waals surface area contributed by atoms with Crippen LogP contribution in [0.1, 0.15) is 27.0 Å². The first-order valence-electron chi connectivity index (χ1n) is 14.8. The largest absolute Gasteiger partial charge is 0.444 e. The Morgan fingerprint density at radius 1 is 0.681 bits per heavy atom. The molecule has 0 radical (unpaired) electrons. The topological polar surface area (TPSA) is 141 Å². The number of rotatable bonds is 14. The minimum absolute atomic E-state index is 0.136. The quantitative estimate of drug-likeness (QED) is 0.125. The van der Waals surface area contributed by atoms with Crippen molar-refractivity contribution < 1.29 is 28.6 Å². The Morgan fingerprint density at radius 2 is 1.30 bits per heavy atom. The zero-order valence-corrected chi connectivity index (χ0v) is 26.8. The Labute approximate surface area is 280 Å². The summed E-state index contributed by atoms with van der Waals surface area (Å²) < 4.78 is 17.2. The fraction of sp³-hybridized carbons (Fsp3) is 0.206. The highest BCUT2D eigenvalue weighted by Crippen LogP contribution is 2.25. The molecular formula is C34H33N5O6S2. The first-order chi connectivity index (χ1) is 23.0. The summed E-state index contributed by atoms with van der Waals surface area (Å²) in [5, 5.41) is 8.27. The molecule has 0 aliphatic rings. The first-order valence-corrected chi connectivity index (χ1v) is 16.5. The summed E-state index contributed by atoms with van der Waals surface area (Å²) in [6.45, 7) is 0.0871. The van der Waals surface area contributed by atoms with E-state index in [1.807, 2.05) is 60.7 Å². The van der Waals surface area contributed by atoms with Gasteiger partial charge in [0.05, 0.1) is 28.5 Å². The number of ether oxygens (including phenoxy) is 3. The van der Waals surface area contributed by atoms with Crippen molar-refractivity contribution in [2.75, 3.05) is 6.54 Å². The highest BCUT2D eigenvalue weighted by molar-refractivity contribution is 7.09. The SMILES string of the molecule is O=C(NC(CNC(=O)OC(Cc1ccccc1)c1cncs1)C(Cc1ccccc1)OC(=O)NCc1cncs1)Oc1ccccc1. The van der Waals surface area contributed by atoms with Crippen molar-refractivity contribution in [3.8, 4) is 5.75 Å². The number of nitrogens with zero attached hydrogens (tertiary/aromatic N) is 2. The molecule has 0 aliphatic heterocycles. The molecule has 2 aromatic heterocycles. The number of hydrogen-bond donors (Lipinski definition) is 3. The molecule has 3 amide bonds. The van der Waals surface area contributed by atoms with E-state index >= 15 is 0 Å². The van der Waals surface area contributed by atoms with Crippen LogP contribution in [0.4, 0.5) is 14.4 Å². The van der Waals surface area contributed by atoms with E-state index in [1.54, 1.807) is 53.7 Å². The summed E-state index contributed by atoms with van der Waals surface area (Å²) in [4.78, 5) is 49.1. The Kier molecular flexibility index (Phi) is 12.3. The molecule has 11 nitrogen and oxygen atoms in total. The fourth-order valence-corrected chi connectivity index (χ4v) is 5.79. The number of hydrogen-bond acceptors (Lipinski definition) is 10. The van der Waals surface area contributed by atoms with E-state index in [0.29, 0.717) is 12.2 Å². The summed E-state index contributed by atoms with van der Waals surface area (Å²) >= 11 is 2.78. The summed E-state index contributed by atoms with van der Waals surface area (Å²) in [6.07, 6.45) is 0.314. The van der Waals surface area contributed by atoms with Crippen molar-refractivity contribution in [1.29, 1.82) is 0 Å². The van der Waals surface area contributed by atoms with Crippen molar-refractivity contribution in [3.63, 3.8) is 0 Å². The van der Waals surface area contributed by atoms with E-state index < -0.39 is 36.5 Å². The van der Waals surface area contributed by atoms with E-state index in [2.05, 4.69) is 25.9 Å². The standard InChI is InChI=1S/C34H33N5O6S2/c40-32(37-19-27-18-35-22-46-27)44-29(16-24-10-4-1-5-11-24)28(39-34(42)43-26-14-8-3-9-15-26)20-38-33(41)45-30(31-21-36-23-47-31)17-25-12-6-2-7-13-25/h1-15,18,21-23,28-30H,16-17,19-20H2,(H,37,40)(H,38,41)(H,39,42). The molecule has 0 fully saturated rings. The molecule has 0 saturated carbocycles. The predicted octanol–water partition coefficient (Wildman–Crippen LogP) is 6.30. The first kappa shape index (κ1) is 33.1. The third kappa shape index (κ3) is 10.9. The van der Waals surface area contributed by atoms with Gasteiger partial charge in [0.1, 0.15) is 18.0 Å². The van der Waals surface area contributed by atoms with Gasteiger partial charge in [0.2, 0.25) is 0 Å². The maximum atomic E-state index is 13.2. The second kappa shape index (κ2) is 17.4. The third-order valence-corrected chi connectivity index (χ3v) is 8.53. The lowest BCUT2D eigenvalue weighted by atomic mass is 10.0.